The quantitative estimate of drug-likeness (QED) is 0.351. The Labute approximate surface area is 172 Å². The van der Waals surface area contributed by atoms with Crippen molar-refractivity contribution in [2.24, 2.45) is 4.99 Å². The lowest BCUT2D eigenvalue weighted by Crippen LogP contribution is -2.38. The van der Waals surface area contributed by atoms with Crippen molar-refractivity contribution in [3.8, 4) is 5.75 Å². The molecular weight excluding hydrogens is 443 g/mol. The van der Waals surface area contributed by atoms with Crippen LogP contribution in [0.4, 0.5) is 0 Å². The number of para-hydroxylation sites is 1. The van der Waals surface area contributed by atoms with Gasteiger partial charge in [-0.05, 0) is 45.2 Å². The normalized spacial score (nSPS) is 11.0. The maximum atomic E-state index is 5.39. The highest BCUT2D eigenvalue weighted by atomic mass is 127. The molecule has 1 aromatic carbocycles. The summed E-state index contributed by atoms with van der Waals surface area (Å²) in [5.74, 6) is 2.62. The largest absolute Gasteiger partial charge is 0.496 e. The van der Waals surface area contributed by atoms with Crippen LogP contribution >= 0.6 is 24.0 Å². The number of benzene rings is 1. The third-order valence-corrected chi connectivity index (χ3v) is 4.04. The van der Waals surface area contributed by atoms with Gasteiger partial charge in [0.2, 0.25) is 0 Å². The second-order valence-electron chi connectivity index (χ2n) is 5.80. The molecule has 1 aromatic heterocycles. The van der Waals surface area contributed by atoms with Gasteiger partial charge >= 0.3 is 0 Å². The molecule has 0 atom stereocenters. The highest BCUT2D eigenvalue weighted by Crippen LogP contribution is 2.17. The van der Waals surface area contributed by atoms with Gasteiger partial charge in [0.1, 0.15) is 11.5 Å². The Morgan fingerprint density at radius 3 is 2.62 bits per heavy atom. The molecule has 0 aliphatic rings. The van der Waals surface area contributed by atoms with E-state index in [0.29, 0.717) is 6.54 Å². The van der Waals surface area contributed by atoms with Crippen LogP contribution in [-0.4, -0.2) is 37.9 Å². The molecule has 26 heavy (non-hydrogen) atoms. The van der Waals surface area contributed by atoms with Gasteiger partial charge in [-0.3, -0.25) is 4.99 Å². The molecule has 0 saturated heterocycles. The van der Waals surface area contributed by atoms with E-state index in [9.17, 15) is 0 Å². The number of ether oxygens (including phenoxy) is 1. The molecule has 0 unspecified atom stereocenters. The first-order chi connectivity index (χ1) is 12.2. The van der Waals surface area contributed by atoms with Crippen LogP contribution in [-0.2, 0) is 12.8 Å². The summed E-state index contributed by atoms with van der Waals surface area (Å²) in [4.78, 5) is 4.64. The average molecular weight is 472 g/mol. The fourth-order valence-corrected chi connectivity index (χ4v) is 2.71. The number of halogens is 1. The minimum absolute atomic E-state index is 0. The molecule has 0 radical (unpaired) electrons. The lowest BCUT2D eigenvalue weighted by molar-refractivity contribution is 0.392. The van der Waals surface area contributed by atoms with Crippen LogP contribution in [0.15, 0.2) is 33.8 Å². The van der Waals surface area contributed by atoms with Crippen molar-refractivity contribution >= 4 is 29.9 Å². The monoisotopic (exact) mass is 472 g/mol. The van der Waals surface area contributed by atoms with E-state index in [-0.39, 0.29) is 24.0 Å². The molecule has 1 heterocycles. The Balaban J connectivity index is 0.00000338. The van der Waals surface area contributed by atoms with Gasteiger partial charge in [0.25, 0.3) is 0 Å². The number of guanidine groups is 1. The zero-order valence-corrected chi connectivity index (χ0v) is 18.3. The van der Waals surface area contributed by atoms with E-state index in [1.165, 1.54) is 5.56 Å². The van der Waals surface area contributed by atoms with E-state index in [2.05, 4.69) is 33.8 Å². The number of nitrogens with one attached hydrogen (secondary N) is 2. The maximum absolute atomic E-state index is 5.39. The molecule has 0 amide bonds. The van der Waals surface area contributed by atoms with Crippen molar-refractivity contribution in [2.75, 3.05) is 26.7 Å². The van der Waals surface area contributed by atoms with Gasteiger partial charge in [-0.15, -0.1) is 24.0 Å². The fourth-order valence-electron chi connectivity index (χ4n) is 2.71. The van der Waals surface area contributed by atoms with E-state index >= 15 is 0 Å². The number of nitrogens with zero attached hydrogens (tertiary/aromatic N) is 2. The van der Waals surface area contributed by atoms with Crippen molar-refractivity contribution < 1.29 is 9.26 Å². The van der Waals surface area contributed by atoms with Gasteiger partial charge in [-0.25, -0.2) is 0 Å². The van der Waals surface area contributed by atoms with Gasteiger partial charge in [-0.2, -0.15) is 0 Å². The molecule has 0 bridgehead atoms. The molecule has 2 aromatic rings. The zero-order chi connectivity index (χ0) is 18.1. The highest BCUT2D eigenvalue weighted by molar-refractivity contribution is 14.0. The van der Waals surface area contributed by atoms with E-state index in [0.717, 1.165) is 54.7 Å². The molecule has 0 aliphatic carbocycles. The van der Waals surface area contributed by atoms with Gasteiger partial charge < -0.3 is 19.9 Å². The standard InChI is InChI=1S/C19H28N4O2.HI/c1-5-20-19(22-13-11-17-14(2)23-25-15(17)3)21-12-10-16-8-6-7-9-18(16)24-4;/h6-9H,5,10-13H2,1-4H3,(H2,20,21,22);1H. The number of aryl methyl sites for hydroxylation is 2. The lowest BCUT2D eigenvalue weighted by atomic mass is 10.1. The molecular formula is C19H29IN4O2. The first kappa shape index (κ1) is 22.3. The third-order valence-electron chi connectivity index (χ3n) is 4.04. The highest BCUT2D eigenvalue weighted by Gasteiger charge is 2.08. The fraction of sp³-hybridized carbons (Fsp3) is 0.474. The number of aliphatic imine (C=N–C) groups is 1. The lowest BCUT2D eigenvalue weighted by Gasteiger charge is -2.12. The summed E-state index contributed by atoms with van der Waals surface area (Å²) >= 11 is 0. The molecule has 0 aliphatic heterocycles. The summed E-state index contributed by atoms with van der Waals surface area (Å²) in [5.41, 5.74) is 3.28. The van der Waals surface area contributed by atoms with Crippen LogP contribution in [0, 0.1) is 13.8 Å². The molecule has 0 saturated carbocycles. The van der Waals surface area contributed by atoms with E-state index in [1.54, 1.807) is 7.11 Å². The minimum Gasteiger partial charge on any atom is -0.496 e. The van der Waals surface area contributed by atoms with Crippen LogP contribution in [0.3, 0.4) is 0 Å². The molecule has 0 fully saturated rings. The summed E-state index contributed by atoms with van der Waals surface area (Å²) < 4.78 is 10.6. The van der Waals surface area contributed by atoms with Crippen LogP contribution < -0.4 is 15.4 Å². The third kappa shape index (κ3) is 6.51. The Kier molecular flexibility index (Phi) is 10.1. The van der Waals surface area contributed by atoms with Crippen LogP contribution in [0.25, 0.3) is 0 Å². The minimum atomic E-state index is 0. The van der Waals surface area contributed by atoms with E-state index in [1.807, 2.05) is 32.0 Å². The number of rotatable bonds is 8. The summed E-state index contributed by atoms with van der Waals surface area (Å²) in [6.07, 6.45) is 1.70. The first-order valence-electron chi connectivity index (χ1n) is 8.71. The summed E-state index contributed by atoms with van der Waals surface area (Å²) in [5, 5.41) is 10.6. The Bertz CT molecular complexity index is 681. The second-order valence-corrected chi connectivity index (χ2v) is 5.80. The van der Waals surface area contributed by atoms with Crippen molar-refractivity contribution in [2.45, 2.75) is 33.6 Å². The van der Waals surface area contributed by atoms with Crippen molar-refractivity contribution in [1.29, 1.82) is 0 Å². The summed E-state index contributed by atoms with van der Waals surface area (Å²) in [6.45, 7) is 8.27. The number of hydrogen-bond acceptors (Lipinski definition) is 4. The Morgan fingerprint density at radius 2 is 1.96 bits per heavy atom. The predicted molar refractivity (Wildman–Crippen MR) is 116 cm³/mol. The van der Waals surface area contributed by atoms with Crippen molar-refractivity contribution in [3.05, 3.63) is 46.8 Å². The van der Waals surface area contributed by atoms with Gasteiger partial charge in [0.15, 0.2) is 5.96 Å². The number of aromatic nitrogens is 1. The Hall–Kier alpha value is -1.77. The van der Waals surface area contributed by atoms with Crippen LogP contribution in [0.2, 0.25) is 0 Å². The topological polar surface area (TPSA) is 71.7 Å². The van der Waals surface area contributed by atoms with Crippen LogP contribution in [0.5, 0.6) is 5.75 Å². The second kappa shape index (κ2) is 11.8. The van der Waals surface area contributed by atoms with E-state index < -0.39 is 0 Å². The van der Waals surface area contributed by atoms with Gasteiger partial charge in [-0.1, -0.05) is 23.4 Å². The molecule has 2 rings (SSSR count). The summed E-state index contributed by atoms with van der Waals surface area (Å²) in [6, 6.07) is 8.08. The van der Waals surface area contributed by atoms with Crippen molar-refractivity contribution in [1.82, 2.24) is 15.8 Å². The van der Waals surface area contributed by atoms with Crippen molar-refractivity contribution in [3.63, 3.8) is 0 Å². The first-order valence-corrected chi connectivity index (χ1v) is 8.71. The zero-order valence-electron chi connectivity index (χ0n) is 16.0. The SMILES string of the molecule is CCNC(=NCCc1c(C)noc1C)NCCc1ccccc1OC.I. The smallest absolute Gasteiger partial charge is 0.191 e. The van der Waals surface area contributed by atoms with E-state index in [4.69, 9.17) is 9.26 Å². The Morgan fingerprint density at radius 1 is 1.19 bits per heavy atom. The number of hydrogen-bond donors (Lipinski definition) is 2. The molecule has 144 valence electrons. The van der Waals surface area contributed by atoms with Gasteiger partial charge in [0, 0.05) is 25.2 Å². The molecule has 0 spiro atoms. The predicted octanol–water partition coefficient (Wildman–Crippen LogP) is 3.26. The molecule has 7 heteroatoms. The molecule has 6 nitrogen and oxygen atoms in total. The van der Waals surface area contributed by atoms with Gasteiger partial charge in [0.05, 0.1) is 12.8 Å². The average Bonchev–Trinajstić information content (AvgIpc) is 2.94. The summed E-state index contributed by atoms with van der Waals surface area (Å²) in [7, 11) is 1.70. The number of methoxy groups -OCH3 is 1. The maximum Gasteiger partial charge on any atom is 0.191 e. The van der Waals surface area contributed by atoms with Crippen LogP contribution in [0.1, 0.15) is 29.5 Å². The molecule has 2 N–H and O–H groups in total.